The standard InChI is InChI=1S/C20H24N2O3.Li/c1-25-18-10-6-5-9-17(18)21-20(19(23)24)11-13-22(14-12-20)15-16-7-3-2-4-8-16;/h2-10,21H,11-15H2,1H3,(H,23,24);. The zero-order valence-electron chi connectivity index (χ0n) is 15.4. The van der Waals surface area contributed by atoms with E-state index in [0.717, 1.165) is 25.3 Å². The van der Waals surface area contributed by atoms with Crippen molar-refractivity contribution >= 4 is 30.5 Å². The van der Waals surface area contributed by atoms with E-state index in [2.05, 4.69) is 22.3 Å². The third-order valence-electron chi connectivity index (χ3n) is 4.85. The van der Waals surface area contributed by atoms with E-state index in [1.54, 1.807) is 7.11 Å². The number of nitrogens with zero attached hydrogens (tertiary/aromatic N) is 1. The van der Waals surface area contributed by atoms with Crippen LogP contribution in [-0.2, 0) is 11.3 Å². The molecule has 0 bridgehead atoms. The van der Waals surface area contributed by atoms with E-state index < -0.39 is 11.5 Å². The molecule has 0 atom stereocenters. The molecule has 5 nitrogen and oxygen atoms in total. The molecule has 0 aromatic heterocycles. The summed E-state index contributed by atoms with van der Waals surface area (Å²) in [4.78, 5) is 14.3. The number of likely N-dealkylation sites (tertiary alicyclic amines) is 1. The Labute approximate surface area is 166 Å². The molecular weight excluding hydrogens is 323 g/mol. The molecule has 0 amide bonds. The van der Waals surface area contributed by atoms with Gasteiger partial charge in [0.1, 0.15) is 11.3 Å². The Hall–Kier alpha value is -1.93. The summed E-state index contributed by atoms with van der Waals surface area (Å²) < 4.78 is 5.35. The summed E-state index contributed by atoms with van der Waals surface area (Å²) in [6, 6.07) is 17.7. The van der Waals surface area contributed by atoms with Gasteiger partial charge in [-0.25, -0.2) is 4.79 Å². The topological polar surface area (TPSA) is 61.8 Å². The molecule has 2 aromatic rings. The number of anilines is 1. The zero-order valence-corrected chi connectivity index (χ0v) is 15.4. The van der Waals surface area contributed by atoms with Crippen molar-refractivity contribution in [3.8, 4) is 5.75 Å². The third kappa shape index (κ3) is 4.62. The number of ether oxygens (including phenoxy) is 1. The second kappa shape index (κ2) is 9.13. The van der Waals surface area contributed by atoms with Crippen molar-refractivity contribution in [1.29, 1.82) is 0 Å². The predicted molar refractivity (Wildman–Crippen MR) is 104 cm³/mol. The van der Waals surface area contributed by atoms with Crippen molar-refractivity contribution in [3.63, 3.8) is 0 Å². The van der Waals surface area contributed by atoms with Gasteiger partial charge in [-0.15, -0.1) is 0 Å². The normalized spacial score (nSPS) is 16.3. The van der Waals surface area contributed by atoms with Crippen LogP contribution < -0.4 is 10.1 Å². The number of nitrogens with one attached hydrogen (secondary N) is 1. The Morgan fingerprint density at radius 3 is 2.35 bits per heavy atom. The van der Waals surface area contributed by atoms with Gasteiger partial charge in [-0.2, -0.15) is 0 Å². The van der Waals surface area contributed by atoms with Crippen molar-refractivity contribution in [1.82, 2.24) is 4.90 Å². The molecule has 3 rings (SSSR count). The van der Waals surface area contributed by atoms with Crippen LogP contribution in [0.1, 0.15) is 18.4 Å². The van der Waals surface area contributed by atoms with Crippen molar-refractivity contribution < 1.29 is 14.6 Å². The van der Waals surface area contributed by atoms with Crippen molar-refractivity contribution in [2.75, 3.05) is 25.5 Å². The van der Waals surface area contributed by atoms with Gasteiger partial charge < -0.3 is 15.2 Å². The summed E-state index contributed by atoms with van der Waals surface area (Å²) in [7, 11) is 1.59. The molecule has 2 aromatic carbocycles. The van der Waals surface area contributed by atoms with Gasteiger partial charge in [-0.1, -0.05) is 42.5 Å². The summed E-state index contributed by atoms with van der Waals surface area (Å²) in [6.07, 6.45) is 1.10. The Balaban J connectivity index is 0.00000243. The first kappa shape index (κ1) is 20.4. The molecule has 1 heterocycles. The molecule has 1 saturated heterocycles. The number of hydrogen-bond acceptors (Lipinski definition) is 4. The quantitative estimate of drug-likeness (QED) is 0.787. The SMILES string of the molecule is COc1ccccc1NC1(C(=O)O)CCN(Cc2ccccc2)CC1.[Li]. The first-order valence-corrected chi connectivity index (χ1v) is 8.54. The number of carboxylic acid groups (broad SMARTS) is 1. The summed E-state index contributed by atoms with van der Waals surface area (Å²) in [6.45, 7) is 2.33. The Kier molecular flexibility index (Phi) is 7.16. The van der Waals surface area contributed by atoms with Crippen molar-refractivity contribution in [2.45, 2.75) is 24.9 Å². The van der Waals surface area contributed by atoms with Crippen molar-refractivity contribution in [3.05, 3.63) is 60.2 Å². The van der Waals surface area contributed by atoms with Crippen LogP contribution in [0, 0.1) is 0 Å². The predicted octanol–water partition coefficient (Wildman–Crippen LogP) is 2.85. The molecule has 0 saturated carbocycles. The Bertz CT molecular complexity index is 716. The molecule has 26 heavy (non-hydrogen) atoms. The summed E-state index contributed by atoms with van der Waals surface area (Å²) in [5.74, 6) is -0.146. The molecule has 1 aliphatic heterocycles. The number of para-hydroxylation sites is 2. The van der Waals surface area contributed by atoms with E-state index >= 15 is 0 Å². The maximum atomic E-state index is 12.0. The molecule has 0 aliphatic carbocycles. The van der Waals surface area contributed by atoms with Crippen LogP contribution in [0.4, 0.5) is 5.69 Å². The van der Waals surface area contributed by atoms with Gasteiger partial charge in [0.15, 0.2) is 0 Å². The fraction of sp³-hybridized carbons (Fsp3) is 0.350. The van der Waals surface area contributed by atoms with Crippen LogP contribution in [0.2, 0.25) is 0 Å². The smallest absolute Gasteiger partial charge is 0.329 e. The molecule has 0 unspecified atom stereocenters. The minimum atomic E-state index is -0.957. The van der Waals surface area contributed by atoms with Crippen LogP contribution in [-0.4, -0.2) is 60.6 Å². The van der Waals surface area contributed by atoms with Gasteiger partial charge in [0, 0.05) is 38.5 Å². The van der Waals surface area contributed by atoms with Crippen LogP contribution >= 0.6 is 0 Å². The molecule has 2 N–H and O–H groups in total. The van der Waals surface area contributed by atoms with Gasteiger partial charge in [0.05, 0.1) is 12.8 Å². The average molecular weight is 347 g/mol. The summed E-state index contributed by atoms with van der Waals surface area (Å²) >= 11 is 0. The third-order valence-corrected chi connectivity index (χ3v) is 4.85. The molecular formula is C20H24LiN2O3. The number of benzene rings is 2. The van der Waals surface area contributed by atoms with Crippen LogP contribution in [0.25, 0.3) is 0 Å². The van der Waals surface area contributed by atoms with Gasteiger partial charge >= 0.3 is 5.97 Å². The fourth-order valence-corrected chi connectivity index (χ4v) is 3.33. The second-order valence-corrected chi connectivity index (χ2v) is 6.47. The molecule has 1 radical (unpaired) electrons. The first-order valence-electron chi connectivity index (χ1n) is 8.54. The van der Waals surface area contributed by atoms with E-state index in [4.69, 9.17) is 4.74 Å². The number of piperidine rings is 1. The van der Waals surface area contributed by atoms with Crippen LogP contribution in [0.15, 0.2) is 54.6 Å². The van der Waals surface area contributed by atoms with E-state index in [0.29, 0.717) is 18.6 Å². The summed E-state index contributed by atoms with van der Waals surface area (Å²) in [5, 5.41) is 13.1. The minimum Gasteiger partial charge on any atom is -0.495 e. The summed E-state index contributed by atoms with van der Waals surface area (Å²) in [5.41, 5.74) is 1.02. The minimum absolute atomic E-state index is 0. The van der Waals surface area contributed by atoms with E-state index in [1.807, 2.05) is 42.5 Å². The Morgan fingerprint density at radius 1 is 1.12 bits per heavy atom. The maximum Gasteiger partial charge on any atom is 0.329 e. The van der Waals surface area contributed by atoms with E-state index in [-0.39, 0.29) is 18.9 Å². The van der Waals surface area contributed by atoms with Crippen LogP contribution in [0.5, 0.6) is 5.75 Å². The number of carboxylic acids is 1. The second-order valence-electron chi connectivity index (χ2n) is 6.47. The van der Waals surface area contributed by atoms with Gasteiger partial charge in [-0.05, 0) is 30.5 Å². The number of rotatable bonds is 6. The Morgan fingerprint density at radius 2 is 1.73 bits per heavy atom. The van der Waals surface area contributed by atoms with E-state index in [9.17, 15) is 9.90 Å². The average Bonchev–Trinajstić information content (AvgIpc) is 2.64. The van der Waals surface area contributed by atoms with Crippen molar-refractivity contribution in [2.24, 2.45) is 0 Å². The monoisotopic (exact) mass is 347 g/mol. The van der Waals surface area contributed by atoms with Crippen LogP contribution in [0.3, 0.4) is 0 Å². The zero-order chi connectivity index (χ0) is 17.7. The largest absolute Gasteiger partial charge is 0.495 e. The van der Waals surface area contributed by atoms with Gasteiger partial charge in [-0.3, -0.25) is 4.90 Å². The number of hydrogen-bond donors (Lipinski definition) is 2. The van der Waals surface area contributed by atoms with Gasteiger partial charge in [0.2, 0.25) is 0 Å². The van der Waals surface area contributed by atoms with Gasteiger partial charge in [0.25, 0.3) is 0 Å². The molecule has 133 valence electrons. The number of aliphatic carboxylic acids is 1. The molecule has 1 fully saturated rings. The molecule has 0 spiro atoms. The first-order chi connectivity index (χ1) is 12.1. The molecule has 6 heteroatoms. The number of methoxy groups -OCH3 is 1. The maximum absolute atomic E-state index is 12.0. The molecule has 1 aliphatic rings. The van der Waals surface area contributed by atoms with E-state index in [1.165, 1.54) is 5.56 Å². The fourth-order valence-electron chi connectivity index (χ4n) is 3.33. The number of carbonyl (C=O) groups is 1.